The van der Waals surface area contributed by atoms with Gasteiger partial charge in [0.1, 0.15) is 0 Å². The van der Waals surface area contributed by atoms with Crippen molar-refractivity contribution in [1.29, 1.82) is 0 Å². The average molecular weight is 351 g/mol. The Morgan fingerprint density at radius 3 is 2.16 bits per heavy atom. The van der Waals surface area contributed by atoms with Gasteiger partial charge in [-0.05, 0) is 30.5 Å². The van der Waals surface area contributed by atoms with E-state index < -0.39 is 17.3 Å². The van der Waals surface area contributed by atoms with Gasteiger partial charge in [0.25, 0.3) is 0 Å². The lowest BCUT2D eigenvalue weighted by Crippen LogP contribution is -2.46. The maximum absolute atomic E-state index is 13.2. The first-order valence-corrected chi connectivity index (χ1v) is 8.48. The van der Waals surface area contributed by atoms with Crippen LogP contribution in [-0.4, -0.2) is 49.7 Å². The summed E-state index contributed by atoms with van der Waals surface area (Å²) in [6.07, 6.45) is 1.20. The van der Waals surface area contributed by atoms with Crippen LogP contribution in [0, 0.1) is 5.92 Å². The fourth-order valence-electron chi connectivity index (χ4n) is 3.16. The van der Waals surface area contributed by atoms with E-state index in [4.69, 9.17) is 14.6 Å². The fraction of sp³-hybridized carbons (Fsp3) is 0.579. The third-order valence-electron chi connectivity index (χ3n) is 4.87. The Kier molecular flexibility index (Phi) is 7.27. The van der Waals surface area contributed by atoms with E-state index in [1.807, 2.05) is 26.0 Å². The van der Waals surface area contributed by atoms with E-state index in [1.165, 1.54) is 4.90 Å². The Morgan fingerprint density at radius 1 is 1.16 bits per heavy atom. The van der Waals surface area contributed by atoms with Gasteiger partial charge in [-0.2, -0.15) is 0 Å². The molecule has 6 nitrogen and oxygen atoms in total. The van der Waals surface area contributed by atoms with Gasteiger partial charge in [-0.25, -0.2) is 0 Å². The molecule has 1 atom stereocenters. The lowest BCUT2D eigenvalue weighted by molar-refractivity contribution is -0.144. The number of methoxy groups -OCH3 is 2. The molecule has 1 unspecified atom stereocenters. The number of carbonyl (C=O) groups excluding carboxylic acids is 1. The highest BCUT2D eigenvalue weighted by Gasteiger charge is 2.39. The van der Waals surface area contributed by atoms with Gasteiger partial charge in [-0.1, -0.05) is 26.8 Å². The van der Waals surface area contributed by atoms with Crippen LogP contribution in [0.2, 0.25) is 0 Å². The summed E-state index contributed by atoms with van der Waals surface area (Å²) in [5.74, 6) is -0.443. The van der Waals surface area contributed by atoms with Crippen LogP contribution in [0.1, 0.15) is 39.2 Å². The number of likely N-dealkylation sites (N-methyl/N-ethyl adjacent to an activating group) is 1. The van der Waals surface area contributed by atoms with E-state index in [1.54, 1.807) is 34.3 Å². The van der Waals surface area contributed by atoms with E-state index in [0.717, 1.165) is 5.56 Å². The summed E-state index contributed by atoms with van der Waals surface area (Å²) < 4.78 is 10.6. The number of aliphatic carboxylic acids is 1. The molecule has 140 valence electrons. The molecule has 1 rings (SSSR count). The second kappa shape index (κ2) is 8.74. The van der Waals surface area contributed by atoms with Crippen molar-refractivity contribution in [3.63, 3.8) is 0 Å². The van der Waals surface area contributed by atoms with Crippen molar-refractivity contribution in [2.45, 2.75) is 39.0 Å². The number of carboxylic acids is 1. The molecular weight excluding hydrogens is 322 g/mol. The van der Waals surface area contributed by atoms with Gasteiger partial charge in [0.15, 0.2) is 11.5 Å². The molecule has 1 amide bonds. The minimum atomic E-state index is -0.913. The van der Waals surface area contributed by atoms with Crippen molar-refractivity contribution >= 4 is 11.9 Å². The molecule has 25 heavy (non-hydrogen) atoms. The Labute approximate surface area is 149 Å². The van der Waals surface area contributed by atoms with Gasteiger partial charge >= 0.3 is 5.97 Å². The largest absolute Gasteiger partial charge is 0.493 e. The van der Waals surface area contributed by atoms with E-state index in [2.05, 4.69) is 0 Å². The van der Waals surface area contributed by atoms with Gasteiger partial charge in [0.05, 0.1) is 25.6 Å². The van der Waals surface area contributed by atoms with Crippen LogP contribution in [0.4, 0.5) is 0 Å². The van der Waals surface area contributed by atoms with Crippen molar-refractivity contribution in [2.75, 3.05) is 27.8 Å². The molecule has 0 aliphatic carbocycles. The van der Waals surface area contributed by atoms with Crippen molar-refractivity contribution in [3.8, 4) is 11.5 Å². The SMILES string of the molecule is CCC(CC)(C(=O)N(C)CC(C)C(=O)O)c1ccc(OC)c(OC)c1. The third kappa shape index (κ3) is 4.24. The second-order valence-corrected chi connectivity index (χ2v) is 6.28. The molecule has 1 aromatic rings. The predicted octanol–water partition coefficient (Wildman–Crippen LogP) is 2.94. The van der Waals surface area contributed by atoms with Crippen LogP contribution in [0.3, 0.4) is 0 Å². The summed E-state index contributed by atoms with van der Waals surface area (Å²) in [5, 5.41) is 9.10. The second-order valence-electron chi connectivity index (χ2n) is 6.28. The molecule has 0 saturated heterocycles. The average Bonchev–Trinajstić information content (AvgIpc) is 2.62. The number of hydrogen-bond acceptors (Lipinski definition) is 4. The first-order valence-electron chi connectivity index (χ1n) is 8.48. The third-order valence-corrected chi connectivity index (χ3v) is 4.87. The number of amides is 1. The zero-order chi connectivity index (χ0) is 19.2. The highest BCUT2D eigenvalue weighted by Crippen LogP contribution is 2.38. The zero-order valence-electron chi connectivity index (χ0n) is 16.0. The molecule has 0 saturated carbocycles. The van der Waals surface area contributed by atoms with Crippen LogP contribution in [-0.2, 0) is 15.0 Å². The molecule has 0 radical (unpaired) electrons. The molecular formula is C19H29NO5. The molecule has 0 spiro atoms. The Balaban J connectivity index is 3.27. The highest BCUT2D eigenvalue weighted by molar-refractivity contribution is 5.88. The molecule has 0 aromatic heterocycles. The topological polar surface area (TPSA) is 76.1 Å². The smallest absolute Gasteiger partial charge is 0.308 e. The van der Waals surface area contributed by atoms with Crippen LogP contribution in [0.25, 0.3) is 0 Å². The summed E-state index contributed by atoms with van der Waals surface area (Å²) in [5.41, 5.74) is 0.113. The molecule has 1 N–H and O–H groups in total. The summed E-state index contributed by atoms with van der Waals surface area (Å²) in [4.78, 5) is 25.8. The lowest BCUT2D eigenvalue weighted by atomic mass is 9.74. The monoisotopic (exact) mass is 351 g/mol. The van der Waals surface area contributed by atoms with E-state index >= 15 is 0 Å². The molecule has 1 aromatic carbocycles. The highest BCUT2D eigenvalue weighted by atomic mass is 16.5. The first kappa shape index (κ1) is 20.8. The van der Waals surface area contributed by atoms with Crippen molar-refractivity contribution < 1.29 is 24.2 Å². The minimum absolute atomic E-state index is 0.0854. The quantitative estimate of drug-likeness (QED) is 0.740. The number of rotatable bonds is 9. The van der Waals surface area contributed by atoms with Gasteiger partial charge in [0.2, 0.25) is 5.91 Å². The molecule has 0 aliphatic rings. The van der Waals surface area contributed by atoms with Crippen molar-refractivity contribution in [2.24, 2.45) is 5.92 Å². The van der Waals surface area contributed by atoms with Crippen LogP contribution < -0.4 is 9.47 Å². The van der Waals surface area contributed by atoms with Gasteiger partial charge in [-0.15, -0.1) is 0 Å². The Bertz CT molecular complexity index is 610. The number of hydrogen-bond donors (Lipinski definition) is 1. The fourth-order valence-corrected chi connectivity index (χ4v) is 3.16. The van der Waals surface area contributed by atoms with E-state index in [-0.39, 0.29) is 12.5 Å². The van der Waals surface area contributed by atoms with Gasteiger partial charge in [0, 0.05) is 13.6 Å². The Hall–Kier alpha value is -2.24. The molecule has 0 bridgehead atoms. The summed E-state index contributed by atoms with van der Waals surface area (Å²) in [6.45, 7) is 5.70. The maximum Gasteiger partial charge on any atom is 0.308 e. The number of ether oxygens (including phenoxy) is 2. The van der Waals surface area contributed by atoms with Crippen LogP contribution in [0.15, 0.2) is 18.2 Å². The number of benzene rings is 1. The zero-order valence-corrected chi connectivity index (χ0v) is 16.0. The lowest BCUT2D eigenvalue weighted by Gasteiger charge is -2.35. The van der Waals surface area contributed by atoms with Crippen LogP contribution >= 0.6 is 0 Å². The molecule has 6 heteroatoms. The Morgan fingerprint density at radius 2 is 1.72 bits per heavy atom. The minimum Gasteiger partial charge on any atom is -0.493 e. The van der Waals surface area contributed by atoms with Crippen molar-refractivity contribution in [3.05, 3.63) is 23.8 Å². The summed E-state index contributed by atoms with van der Waals surface area (Å²) >= 11 is 0. The van der Waals surface area contributed by atoms with Gasteiger partial charge < -0.3 is 19.5 Å². The standard InChI is InChI=1S/C19H29NO5/c1-7-19(8-2,18(23)20(4)12-13(3)17(21)22)14-9-10-15(24-5)16(11-14)25-6/h9-11,13H,7-8,12H2,1-6H3,(H,21,22). The predicted molar refractivity (Wildman–Crippen MR) is 96.2 cm³/mol. The van der Waals surface area contributed by atoms with Crippen LogP contribution in [0.5, 0.6) is 11.5 Å². The molecule has 0 aliphatic heterocycles. The summed E-state index contributed by atoms with van der Waals surface area (Å²) in [6, 6.07) is 5.50. The normalized spacial score (nSPS) is 12.4. The van der Waals surface area contributed by atoms with E-state index in [0.29, 0.717) is 24.3 Å². The number of nitrogens with zero attached hydrogens (tertiary/aromatic N) is 1. The molecule has 0 heterocycles. The maximum atomic E-state index is 13.2. The number of carboxylic acid groups (broad SMARTS) is 1. The van der Waals surface area contributed by atoms with E-state index in [9.17, 15) is 9.59 Å². The summed E-state index contributed by atoms with van der Waals surface area (Å²) in [7, 11) is 4.78. The first-order chi connectivity index (χ1) is 11.8. The van der Waals surface area contributed by atoms with Gasteiger partial charge in [-0.3, -0.25) is 9.59 Å². The number of carbonyl (C=O) groups is 2. The molecule has 0 fully saturated rings. The van der Waals surface area contributed by atoms with Crippen molar-refractivity contribution in [1.82, 2.24) is 4.90 Å².